The van der Waals surface area contributed by atoms with Gasteiger partial charge in [-0.25, -0.2) is 4.39 Å². The molecule has 0 aliphatic heterocycles. The lowest BCUT2D eigenvalue weighted by molar-refractivity contribution is -0.213. The molecular formula is C6H7F5. The van der Waals surface area contributed by atoms with Crippen LogP contribution in [0, 0.1) is 0 Å². The van der Waals surface area contributed by atoms with E-state index in [1.807, 2.05) is 0 Å². The molecule has 0 atom stereocenters. The fourth-order valence-electron chi connectivity index (χ4n) is 0.428. The first-order chi connectivity index (χ1) is 4.87. The Kier molecular flexibility index (Phi) is 3.02. The first-order valence-corrected chi connectivity index (χ1v) is 2.80. The van der Waals surface area contributed by atoms with Crippen molar-refractivity contribution in [2.75, 3.05) is 6.67 Å². The summed E-state index contributed by atoms with van der Waals surface area (Å²) in [5.41, 5.74) is 0. The van der Waals surface area contributed by atoms with E-state index in [-0.39, 0.29) is 0 Å². The number of hydrogen-bond acceptors (Lipinski definition) is 0. The summed E-state index contributed by atoms with van der Waals surface area (Å²) in [5, 5.41) is 0. The Hall–Kier alpha value is -0.610. The van der Waals surface area contributed by atoms with E-state index in [2.05, 4.69) is 6.58 Å². The van der Waals surface area contributed by atoms with Crippen molar-refractivity contribution in [2.45, 2.75) is 18.3 Å². The minimum Gasteiger partial charge on any atom is -0.244 e. The largest absolute Gasteiger partial charge is 0.338 e. The smallest absolute Gasteiger partial charge is 0.244 e. The summed E-state index contributed by atoms with van der Waals surface area (Å²) < 4.78 is 59.5. The van der Waals surface area contributed by atoms with Gasteiger partial charge in [0.1, 0.15) is 0 Å². The molecule has 66 valence electrons. The molecule has 0 rings (SSSR count). The van der Waals surface area contributed by atoms with Gasteiger partial charge in [0.25, 0.3) is 0 Å². The van der Waals surface area contributed by atoms with Gasteiger partial charge in [0.15, 0.2) is 6.67 Å². The second-order valence-electron chi connectivity index (χ2n) is 2.04. The van der Waals surface area contributed by atoms with E-state index in [4.69, 9.17) is 0 Å². The maximum absolute atomic E-state index is 12.1. The number of halogens is 5. The van der Waals surface area contributed by atoms with E-state index in [0.29, 0.717) is 6.08 Å². The normalized spacial score (nSPS) is 13.2. The number of rotatable bonds is 4. The van der Waals surface area contributed by atoms with Crippen molar-refractivity contribution in [3.63, 3.8) is 0 Å². The average molecular weight is 174 g/mol. The van der Waals surface area contributed by atoms with E-state index < -0.39 is 24.9 Å². The standard InChI is InChI=1S/C6H7F5/c1-2-3-5(8,9)6(10,11)4-7/h2H,1,3-4H2. The van der Waals surface area contributed by atoms with E-state index in [9.17, 15) is 22.0 Å². The van der Waals surface area contributed by atoms with Gasteiger partial charge >= 0.3 is 11.8 Å². The molecule has 0 amide bonds. The van der Waals surface area contributed by atoms with Crippen LogP contribution in [-0.4, -0.2) is 18.5 Å². The van der Waals surface area contributed by atoms with Crippen LogP contribution in [0.4, 0.5) is 22.0 Å². The maximum atomic E-state index is 12.1. The van der Waals surface area contributed by atoms with Crippen molar-refractivity contribution in [3.05, 3.63) is 12.7 Å². The number of allylic oxidation sites excluding steroid dienone is 1. The van der Waals surface area contributed by atoms with Gasteiger partial charge in [-0.3, -0.25) is 0 Å². The molecule has 11 heavy (non-hydrogen) atoms. The molecule has 0 saturated carbocycles. The third-order valence-electron chi connectivity index (χ3n) is 1.10. The molecule has 0 unspecified atom stereocenters. The maximum Gasteiger partial charge on any atom is 0.338 e. The van der Waals surface area contributed by atoms with Crippen LogP contribution in [0.2, 0.25) is 0 Å². The Morgan fingerprint density at radius 2 is 1.55 bits per heavy atom. The molecule has 0 aliphatic carbocycles. The van der Waals surface area contributed by atoms with E-state index in [0.717, 1.165) is 0 Å². The summed E-state index contributed by atoms with van der Waals surface area (Å²) in [7, 11) is 0. The molecule has 0 saturated heterocycles. The summed E-state index contributed by atoms with van der Waals surface area (Å²) >= 11 is 0. The highest BCUT2D eigenvalue weighted by molar-refractivity contribution is 4.89. The van der Waals surface area contributed by atoms with Crippen LogP contribution in [0.5, 0.6) is 0 Å². The van der Waals surface area contributed by atoms with E-state index >= 15 is 0 Å². The van der Waals surface area contributed by atoms with Crippen LogP contribution in [0.3, 0.4) is 0 Å². The van der Waals surface area contributed by atoms with Crippen LogP contribution in [0.1, 0.15) is 6.42 Å². The van der Waals surface area contributed by atoms with Gasteiger partial charge in [-0.05, 0) is 0 Å². The fraction of sp³-hybridized carbons (Fsp3) is 0.667. The van der Waals surface area contributed by atoms with Crippen molar-refractivity contribution in [3.8, 4) is 0 Å². The quantitative estimate of drug-likeness (QED) is 0.454. The minimum absolute atomic E-state index is 0.629. The lowest BCUT2D eigenvalue weighted by Gasteiger charge is -2.22. The Balaban J connectivity index is 4.38. The molecular weight excluding hydrogens is 167 g/mol. The van der Waals surface area contributed by atoms with Crippen LogP contribution in [0.15, 0.2) is 12.7 Å². The summed E-state index contributed by atoms with van der Waals surface area (Å²) in [6, 6.07) is 0. The van der Waals surface area contributed by atoms with Crippen molar-refractivity contribution < 1.29 is 22.0 Å². The highest BCUT2D eigenvalue weighted by Gasteiger charge is 2.55. The van der Waals surface area contributed by atoms with Gasteiger partial charge in [-0.2, -0.15) is 17.6 Å². The summed E-state index contributed by atoms with van der Waals surface area (Å²) in [6.07, 6.45) is -0.590. The number of alkyl halides is 5. The zero-order valence-electron chi connectivity index (χ0n) is 5.59. The molecule has 5 heteroatoms. The third kappa shape index (κ3) is 2.17. The number of hydrogen-bond donors (Lipinski definition) is 0. The van der Waals surface area contributed by atoms with Crippen molar-refractivity contribution >= 4 is 0 Å². The molecule has 0 radical (unpaired) electrons. The van der Waals surface area contributed by atoms with Gasteiger partial charge in [0, 0.05) is 6.42 Å². The van der Waals surface area contributed by atoms with Crippen LogP contribution in [-0.2, 0) is 0 Å². The Bertz CT molecular complexity index is 140. The molecule has 0 aromatic heterocycles. The summed E-state index contributed by atoms with van der Waals surface area (Å²) in [5.74, 6) is -8.91. The van der Waals surface area contributed by atoms with Crippen molar-refractivity contribution in [1.82, 2.24) is 0 Å². The lowest BCUT2D eigenvalue weighted by atomic mass is 10.1. The molecule has 0 bridgehead atoms. The molecule has 0 fully saturated rings. The molecule has 0 aliphatic rings. The monoisotopic (exact) mass is 174 g/mol. The summed E-state index contributed by atoms with van der Waals surface area (Å²) in [4.78, 5) is 0. The van der Waals surface area contributed by atoms with Crippen molar-refractivity contribution in [1.29, 1.82) is 0 Å². The van der Waals surface area contributed by atoms with Gasteiger partial charge in [-0.15, -0.1) is 6.58 Å². The first kappa shape index (κ1) is 10.4. The Morgan fingerprint density at radius 1 is 1.09 bits per heavy atom. The molecule has 0 heterocycles. The zero-order chi connectivity index (χ0) is 9.12. The highest BCUT2D eigenvalue weighted by atomic mass is 19.3. The fourth-order valence-corrected chi connectivity index (χ4v) is 0.428. The molecule has 0 spiro atoms. The lowest BCUT2D eigenvalue weighted by Crippen LogP contribution is -2.41. The summed E-state index contributed by atoms with van der Waals surface area (Å²) in [6.45, 7) is 0.505. The molecule has 0 nitrogen and oxygen atoms in total. The van der Waals surface area contributed by atoms with E-state index in [1.165, 1.54) is 0 Å². The van der Waals surface area contributed by atoms with Crippen LogP contribution in [0.25, 0.3) is 0 Å². The second kappa shape index (κ2) is 3.19. The third-order valence-corrected chi connectivity index (χ3v) is 1.10. The molecule has 0 N–H and O–H groups in total. The van der Waals surface area contributed by atoms with Crippen LogP contribution < -0.4 is 0 Å². The zero-order valence-corrected chi connectivity index (χ0v) is 5.59. The molecule has 0 aromatic rings. The SMILES string of the molecule is C=CCC(F)(F)C(F)(F)CF. The van der Waals surface area contributed by atoms with E-state index in [1.54, 1.807) is 0 Å². The Labute approximate surface area is 60.7 Å². The van der Waals surface area contributed by atoms with Gasteiger partial charge in [0.2, 0.25) is 0 Å². The first-order valence-electron chi connectivity index (χ1n) is 2.80. The highest BCUT2D eigenvalue weighted by Crippen LogP contribution is 2.37. The average Bonchev–Trinajstić information content (AvgIpc) is 1.87. The Morgan fingerprint density at radius 3 is 1.82 bits per heavy atom. The minimum atomic E-state index is -4.58. The van der Waals surface area contributed by atoms with Crippen molar-refractivity contribution in [2.24, 2.45) is 0 Å². The predicted molar refractivity (Wildman–Crippen MR) is 30.7 cm³/mol. The van der Waals surface area contributed by atoms with Gasteiger partial charge < -0.3 is 0 Å². The second-order valence-corrected chi connectivity index (χ2v) is 2.04. The molecule has 0 aromatic carbocycles. The predicted octanol–water partition coefficient (Wildman–Crippen LogP) is 2.80. The van der Waals surface area contributed by atoms with Crippen LogP contribution >= 0.6 is 0 Å². The van der Waals surface area contributed by atoms with Gasteiger partial charge in [-0.1, -0.05) is 6.08 Å². The topological polar surface area (TPSA) is 0 Å². The van der Waals surface area contributed by atoms with Gasteiger partial charge in [0.05, 0.1) is 0 Å².